The Morgan fingerprint density at radius 3 is 2.59 bits per heavy atom. The molecule has 0 N–H and O–H groups in total. The Hall–Kier alpha value is -2.97. The fourth-order valence-electron chi connectivity index (χ4n) is 4.01. The Labute approximate surface area is 166 Å². The molecule has 4 rings (SSSR count). The molecule has 3 aromatic rings. The summed E-state index contributed by atoms with van der Waals surface area (Å²) in [5.41, 5.74) is 2.45. The van der Waals surface area contributed by atoms with E-state index in [1.165, 1.54) is 16.9 Å². The first-order valence-corrected chi connectivity index (χ1v) is 9.56. The van der Waals surface area contributed by atoms with E-state index >= 15 is 0 Å². The zero-order chi connectivity index (χ0) is 20.7. The van der Waals surface area contributed by atoms with Crippen LogP contribution in [0.4, 0.5) is 8.78 Å². The van der Waals surface area contributed by atoms with Crippen molar-refractivity contribution in [3.05, 3.63) is 52.9 Å². The predicted octanol–water partition coefficient (Wildman–Crippen LogP) is 3.34. The van der Waals surface area contributed by atoms with Gasteiger partial charge in [0.05, 0.1) is 5.69 Å². The van der Waals surface area contributed by atoms with Gasteiger partial charge in [0.1, 0.15) is 12.0 Å². The molecule has 0 aromatic carbocycles. The number of aromatic nitrogens is 5. The van der Waals surface area contributed by atoms with Crippen molar-refractivity contribution in [2.24, 2.45) is 5.92 Å². The van der Waals surface area contributed by atoms with Gasteiger partial charge in [0.25, 0.3) is 18.1 Å². The molecule has 7 nitrogen and oxygen atoms in total. The summed E-state index contributed by atoms with van der Waals surface area (Å²) in [6.07, 6.45) is -0.628. The maximum Gasteiger partial charge on any atom is 0.280 e. The van der Waals surface area contributed by atoms with Crippen molar-refractivity contribution in [3.8, 4) is 0 Å². The van der Waals surface area contributed by atoms with Crippen LogP contribution >= 0.6 is 0 Å². The van der Waals surface area contributed by atoms with E-state index < -0.39 is 6.43 Å². The van der Waals surface area contributed by atoms with Crippen molar-refractivity contribution >= 4 is 11.7 Å². The van der Waals surface area contributed by atoms with Gasteiger partial charge in [-0.3, -0.25) is 9.78 Å². The predicted molar refractivity (Wildman–Crippen MR) is 102 cm³/mol. The normalized spacial score (nSPS) is 19.9. The topological polar surface area (TPSA) is 76.3 Å². The van der Waals surface area contributed by atoms with Crippen LogP contribution in [0.5, 0.6) is 0 Å². The lowest BCUT2D eigenvalue weighted by atomic mass is 9.84. The summed E-state index contributed by atoms with van der Waals surface area (Å²) in [4.78, 5) is 27.1. The number of amides is 1. The summed E-state index contributed by atoms with van der Waals surface area (Å²) in [5, 5.41) is 4.17. The highest BCUT2D eigenvalue weighted by Gasteiger charge is 2.33. The second kappa shape index (κ2) is 7.46. The van der Waals surface area contributed by atoms with Gasteiger partial charge in [0.15, 0.2) is 0 Å². The number of hydrogen-bond acceptors (Lipinski definition) is 5. The van der Waals surface area contributed by atoms with E-state index in [4.69, 9.17) is 0 Å². The van der Waals surface area contributed by atoms with Crippen LogP contribution in [0.3, 0.4) is 0 Å². The van der Waals surface area contributed by atoms with Crippen molar-refractivity contribution in [1.29, 1.82) is 0 Å². The highest BCUT2D eigenvalue weighted by atomic mass is 19.3. The van der Waals surface area contributed by atoms with Crippen LogP contribution in [0.15, 0.2) is 24.5 Å². The lowest BCUT2D eigenvalue weighted by Gasteiger charge is -2.37. The van der Waals surface area contributed by atoms with Crippen molar-refractivity contribution in [2.45, 2.75) is 39.5 Å². The van der Waals surface area contributed by atoms with Crippen molar-refractivity contribution in [1.82, 2.24) is 29.5 Å². The number of aryl methyl sites for hydroxylation is 2. The highest BCUT2D eigenvalue weighted by Crippen LogP contribution is 2.34. The second-order valence-corrected chi connectivity index (χ2v) is 7.64. The van der Waals surface area contributed by atoms with Gasteiger partial charge in [0.2, 0.25) is 0 Å². The standard InChI is InChI=1S/C20H22F2N6O/c1-11-4-5-27(19(29)14-6-12(2)25-13(3)7-14)9-15(11)17-8-16(18(21)22)26-20-23-10-24-28(17)20/h6-8,10-11,15,18H,4-5,9H2,1-3H3/t11?,15-/m0/s1. The van der Waals surface area contributed by atoms with E-state index in [0.717, 1.165) is 17.8 Å². The summed E-state index contributed by atoms with van der Waals surface area (Å²) >= 11 is 0. The van der Waals surface area contributed by atoms with E-state index in [9.17, 15) is 13.6 Å². The lowest BCUT2D eigenvalue weighted by Crippen LogP contribution is -2.42. The Morgan fingerprint density at radius 1 is 1.17 bits per heavy atom. The number of carbonyl (C=O) groups is 1. The first-order chi connectivity index (χ1) is 13.8. The molecule has 3 aromatic heterocycles. The smallest absolute Gasteiger partial charge is 0.280 e. The minimum Gasteiger partial charge on any atom is -0.338 e. The van der Waals surface area contributed by atoms with Crippen LogP contribution in [0.1, 0.15) is 58.8 Å². The third kappa shape index (κ3) is 3.68. The average Bonchev–Trinajstić information content (AvgIpc) is 3.15. The molecule has 152 valence electrons. The van der Waals surface area contributed by atoms with E-state index in [1.807, 2.05) is 13.8 Å². The molecule has 4 heterocycles. The van der Waals surface area contributed by atoms with Gasteiger partial charge in [-0.05, 0) is 44.4 Å². The summed E-state index contributed by atoms with van der Waals surface area (Å²) in [7, 11) is 0. The maximum absolute atomic E-state index is 13.4. The van der Waals surface area contributed by atoms with Crippen LogP contribution in [0.25, 0.3) is 5.78 Å². The third-order valence-electron chi connectivity index (χ3n) is 5.48. The molecule has 1 unspecified atom stereocenters. The summed E-state index contributed by atoms with van der Waals surface area (Å²) in [5.74, 6) is 0.115. The fourth-order valence-corrected chi connectivity index (χ4v) is 4.01. The van der Waals surface area contributed by atoms with Crippen molar-refractivity contribution < 1.29 is 13.6 Å². The minimum atomic E-state index is -2.70. The van der Waals surface area contributed by atoms with Gasteiger partial charge < -0.3 is 4.90 Å². The molecule has 0 aliphatic carbocycles. The Morgan fingerprint density at radius 2 is 1.90 bits per heavy atom. The van der Waals surface area contributed by atoms with E-state index in [1.54, 1.807) is 17.0 Å². The largest absolute Gasteiger partial charge is 0.338 e. The summed E-state index contributed by atoms with van der Waals surface area (Å²) in [6.45, 7) is 6.81. The first-order valence-electron chi connectivity index (χ1n) is 9.56. The average molecular weight is 400 g/mol. The minimum absolute atomic E-state index is 0.0755. The quantitative estimate of drug-likeness (QED) is 0.674. The number of pyridine rings is 1. The van der Waals surface area contributed by atoms with Crippen LogP contribution < -0.4 is 0 Å². The molecular weight excluding hydrogens is 378 g/mol. The first kappa shape index (κ1) is 19.4. The SMILES string of the molecule is Cc1cc(C(=O)N2CCC(C)[C@@H](c3cc(C(F)F)nc4ncnn34)C2)cc(C)n1. The number of piperidine rings is 1. The molecule has 0 radical (unpaired) electrons. The molecule has 1 aliphatic rings. The zero-order valence-corrected chi connectivity index (χ0v) is 16.5. The number of fused-ring (bicyclic) bond motifs is 1. The molecule has 1 fully saturated rings. The van der Waals surface area contributed by atoms with E-state index in [2.05, 4.69) is 27.0 Å². The lowest BCUT2D eigenvalue weighted by molar-refractivity contribution is 0.0665. The summed E-state index contributed by atoms with van der Waals surface area (Å²) < 4.78 is 28.2. The van der Waals surface area contributed by atoms with Gasteiger partial charge in [-0.1, -0.05) is 6.92 Å². The molecule has 0 saturated carbocycles. The van der Waals surface area contributed by atoms with Crippen molar-refractivity contribution in [2.75, 3.05) is 13.1 Å². The molecule has 2 atom stereocenters. The molecular formula is C20H22F2N6O. The molecule has 0 spiro atoms. The van der Waals surface area contributed by atoms with Crippen molar-refractivity contribution in [3.63, 3.8) is 0 Å². The molecule has 1 amide bonds. The third-order valence-corrected chi connectivity index (χ3v) is 5.48. The molecule has 1 aliphatic heterocycles. The molecule has 1 saturated heterocycles. The fraction of sp³-hybridized carbons (Fsp3) is 0.450. The number of hydrogen-bond donors (Lipinski definition) is 0. The summed E-state index contributed by atoms with van der Waals surface area (Å²) in [6, 6.07) is 4.95. The number of nitrogens with zero attached hydrogens (tertiary/aromatic N) is 6. The number of carbonyl (C=O) groups excluding carboxylic acids is 1. The number of likely N-dealkylation sites (tertiary alicyclic amines) is 1. The molecule has 29 heavy (non-hydrogen) atoms. The van der Waals surface area contributed by atoms with Gasteiger partial charge in [-0.15, -0.1) is 0 Å². The van der Waals surface area contributed by atoms with Crippen LogP contribution in [0, 0.1) is 19.8 Å². The van der Waals surface area contributed by atoms with Crippen LogP contribution in [-0.4, -0.2) is 48.5 Å². The number of halogens is 2. The van der Waals surface area contributed by atoms with Gasteiger partial charge >= 0.3 is 0 Å². The Balaban J connectivity index is 1.69. The van der Waals surface area contributed by atoms with Crippen LogP contribution in [0.2, 0.25) is 0 Å². The Kier molecular flexibility index (Phi) is 4.97. The second-order valence-electron chi connectivity index (χ2n) is 7.64. The van der Waals surface area contributed by atoms with E-state index in [-0.39, 0.29) is 29.2 Å². The highest BCUT2D eigenvalue weighted by molar-refractivity contribution is 5.94. The number of rotatable bonds is 3. The molecule has 0 bridgehead atoms. The number of alkyl halides is 2. The molecule has 9 heteroatoms. The monoisotopic (exact) mass is 400 g/mol. The zero-order valence-electron chi connectivity index (χ0n) is 16.5. The maximum atomic E-state index is 13.4. The van der Waals surface area contributed by atoms with E-state index in [0.29, 0.717) is 24.3 Å². The Bertz CT molecular complexity index is 1050. The van der Waals surface area contributed by atoms with Gasteiger partial charge in [0, 0.05) is 36.0 Å². The van der Waals surface area contributed by atoms with Crippen LogP contribution in [-0.2, 0) is 0 Å². The van der Waals surface area contributed by atoms with Gasteiger partial charge in [-0.2, -0.15) is 10.1 Å². The van der Waals surface area contributed by atoms with Gasteiger partial charge in [-0.25, -0.2) is 18.3 Å².